The molecule has 1 aromatic carbocycles. The molecule has 1 heterocycles. The first kappa shape index (κ1) is 13.6. The predicted molar refractivity (Wildman–Crippen MR) is 67.4 cm³/mol. The summed E-state index contributed by atoms with van der Waals surface area (Å²) in [5, 5.41) is 10.2. The Bertz CT molecular complexity index is 548. The molecule has 0 saturated heterocycles. The van der Waals surface area contributed by atoms with Crippen molar-refractivity contribution in [1.82, 2.24) is 4.98 Å². The van der Waals surface area contributed by atoms with E-state index in [0.29, 0.717) is 5.69 Å². The standard InChI is InChI=1S/C14H14F2N2O/c15-11-5-4-9(7-12(11)16)14(19)10(8-17)13-3-1-2-6-18-13/h1-7,10,14,19H,8,17H2. The lowest BCUT2D eigenvalue weighted by molar-refractivity contribution is 0.145. The second-order valence-corrected chi connectivity index (χ2v) is 4.22. The van der Waals surface area contributed by atoms with Crippen molar-refractivity contribution in [3.8, 4) is 0 Å². The molecule has 0 spiro atoms. The number of aromatic nitrogens is 1. The van der Waals surface area contributed by atoms with Crippen LogP contribution in [-0.4, -0.2) is 16.6 Å². The first-order valence-electron chi connectivity index (χ1n) is 5.87. The van der Waals surface area contributed by atoms with Gasteiger partial charge in [-0.3, -0.25) is 4.98 Å². The van der Waals surface area contributed by atoms with Gasteiger partial charge < -0.3 is 10.8 Å². The molecule has 0 radical (unpaired) electrons. The maximum Gasteiger partial charge on any atom is 0.159 e. The third kappa shape index (κ3) is 2.94. The second kappa shape index (κ2) is 5.86. The summed E-state index contributed by atoms with van der Waals surface area (Å²) in [5.41, 5.74) is 6.53. The number of pyridine rings is 1. The zero-order chi connectivity index (χ0) is 13.8. The van der Waals surface area contributed by atoms with Crippen LogP contribution in [0.5, 0.6) is 0 Å². The average molecular weight is 264 g/mol. The molecule has 19 heavy (non-hydrogen) atoms. The van der Waals surface area contributed by atoms with E-state index in [1.165, 1.54) is 6.07 Å². The summed E-state index contributed by atoms with van der Waals surface area (Å²) in [6.45, 7) is 0.150. The van der Waals surface area contributed by atoms with E-state index < -0.39 is 23.7 Å². The molecule has 0 bridgehead atoms. The third-order valence-electron chi connectivity index (χ3n) is 2.99. The SMILES string of the molecule is NCC(c1ccccn1)C(O)c1ccc(F)c(F)c1. The number of rotatable bonds is 4. The molecule has 0 amide bonds. The summed E-state index contributed by atoms with van der Waals surface area (Å²) >= 11 is 0. The van der Waals surface area contributed by atoms with Crippen LogP contribution in [0.1, 0.15) is 23.3 Å². The van der Waals surface area contributed by atoms with Crippen LogP contribution in [0.15, 0.2) is 42.6 Å². The van der Waals surface area contributed by atoms with Gasteiger partial charge in [0, 0.05) is 24.4 Å². The van der Waals surface area contributed by atoms with Crippen molar-refractivity contribution >= 4 is 0 Å². The molecule has 0 aliphatic rings. The Balaban J connectivity index is 2.30. The van der Waals surface area contributed by atoms with Crippen molar-refractivity contribution in [2.24, 2.45) is 5.73 Å². The lowest BCUT2D eigenvalue weighted by Gasteiger charge is -2.21. The third-order valence-corrected chi connectivity index (χ3v) is 2.99. The molecule has 3 N–H and O–H groups in total. The van der Waals surface area contributed by atoms with Crippen LogP contribution < -0.4 is 5.73 Å². The van der Waals surface area contributed by atoms with Crippen LogP contribution in [0.2, 0.25) is 0 Å². The van der Waals surface area contributed by atoms with Gasteiger partial charge in [-0.2, -0.15) is 0 Å². The fourth-order valence-electron chi connectivity index (χ4n) is 1.94. The van der Waals surface area contributed by atoms with E-state index >= 15 is 0 Å². The summed E-state index contributed by atoms with van der Waals surface area (Å²) in [5.74, 6) is -2.41. The zero-order valence-corrected chi connectivity index (χ0v) is 10.1. The van der Waals surface area contributed by atoms with Gasteiger partial charge in [0.15, 0.2) is 11.6 Å². The monoisotopic (exact) mass is 264 g/mol. The smallest absolute Gasteiger partial charge is 0.159 e. The number of hydrogen-bond donors (Lipinski definition) is 2. The molecule has 2 rings (SSSR count). The normalized spacial score (nSPS) is 14.1. The highest BCUT2D eigenvalue weighted by Crippen LogP contribution is 2.29. The Morgan fingerprint density at radius 3 is 2.53 bits per heavy atom. The first-order chi connectivity index (χ1) is 9.13. The van der Waals surface area contributed by atoms with Gasteiger partial charge in [-0.25, -0.2) is 8.78 Å². The Hall–Kier alpha value is -1.85. The van der Waals surface area contributed by atoms with Crippen molar-refractivity contribution in [3.05, 3.63) is 65.5 Å². The minimum atomic E-state index is -1.03. The van der Waals surface area contributed by atoms with E-state index in [4.69, 9.17) is 5.73 Å². The van der Waals surface area contributed by atoms with E-state index in [1.807, 2.05) is 0 Å². The molecule has 0 fully saturated rings. The number of hydrogen-bond acceptors (Lipinski definition) is 3. The predicted octanol–water partition coefficient (Wildman–Crippen LogP) is 2.14. The van der Waals surface area contributed by atoms with Crippen LogP contribution in [0.4, 0.5) is 8.78 Å². The van der Waals surface area contributed by atoms with Crippen LogP contribution in [0.25, 0.3) is 0 Å². The number of benzene rings is 1. The summed E-state index contributed by atoms with van der Waals surface area (Å²) in [4.78, 5) is 4.13. The number of nitrogens with zero attached hydrogens (tertiary/aromatic N) is 1. The largest absolute Gasteiger partial charge is 0.388 e. The van der Waals surface area contributed by atoms with Gasteiger partial charge in [0.05, 0.1) is 6.10 Å². The van der Waals surface area contributed by atoms with Crippen molar-refractivity contribution in [1.29, 1.82) is 0 Å². The van der Waals surface area contributed by atoms with Crippen LogP contribution in [-0.2, 0) is 0 Å². The van der Waals surface area contributed by atoms with E-state index in [1.54, 1.807) is 24.4 Å². The van der Waals surface area contributed by atoms with Gasteiger partial charge >= 0.3 is 0 Å². The van der Waals surface area contributed by atoms with Gasteiger partial charge in [-0.05, 0) is 29.8 Å². The van der Waals surface area contributed by atoms with Crippen molar-refractivity contribution in [3.63, 3.8) is 0 Å². The summed E-state index contributed by atoms with van der Waals surface area (Å²) < 4.78 is 26.1. The zero-order valence-electron chi connectivity index (χ0n) is 10.1. The Morgan fingerprint density at radius 1 is 1.16 bits per heavy atom. The van der Waals surface area contributed by atoms with Crippen LogP contribution in [0.3, 0.4) is 0 Å². The summed E-state index contributed by atoms with van der Waals surface area (Å²) in [6, 6.07) is 8.57. The molecule has 5 heteroatoms. The lowest BCUT2D eigenvalue weighted by Crippen LogP contribution is -2.21. The molecule has 2 atom stereocenters. The number of halogens is 2. The number of aliphatic hydroxyl groups excluding tert-OH is 1. The molecule has 0 saturated carbocycles. The minimum absolute atomic E-state index is 0.150. The molecular formula is C14H14F2N2O. The Morgan fingerprint density at radius 2 is 1.95 bits per heavy atom. The fourth-order valence-corrected chi connectivity index (χ4v) is 1.94. The van der Waals surface area contributed by atoms with Crippen LogP contribution in [0, 0.1) is 11.6 Å². The lowest BCUT2D eigenvalue weighted by atomic mass is 9.92. The van der Waals surface area contributed by atoms with Gasteiger partial charge in [0.2, 0.25) is 0 Å². The Kier molecular flexibility index (Phi) is 4.19. The van der Waals surface area contributed by atoms with Crippen molar-refractivity contribution < 1.29 is 13.9 Å². The second-order valence-electron chi connectivity index (χ2n) is 4.22. The molecule has 0 aliphatic carbocycles. The fraction of sp³-hybridized carbons (Fsp3) is 0.214. The number of nitrogens with two attached hydrogens (primary N) is 1. The molecule has 3 nitrogen and oxygen atoms in total. The van der Waals surface area contributed by atoms with E-state index in [-0.39, 0.29) is 12.1 Å². The highest BCUT2D eigenvalue weighted by Gasteiger charge is 2.23. The topological polar surface area (TPSA) is 59.1 Å². The van der Waals surface area contributed by atoms with Gasteiger partial charge in [0.1, 0.15) is 0 Å². The summed E-state index contributed by atoms with van der Waals surface area (Å²) in [6.07, 6.45) is 0.561. The summed E-state index contributed by atoms with van der Waals surface area (Å²) in [7, 11) is 0. The van der Waals surface area contributed by atoms with E-state index in [0.717, 1.165) is 12.1 Å². The molecular weight excluding hydrogens is 250 g/mol. The number of aliphatic hydroxyl groups is 1. The highest BCUT2D eigenvalue weighted by atomic mass is 19.2. The van der Waals surface area contributed by atoms with Crippen molar-refractivity contribution in [2.75, 3.05) is 6.54 Å². The van der Waals surface area contributed by atoms with Crippen molar-refractivity contribution in [2.45, 2.75) is 12.0 Å². The van der Waals surface area contributed by atoms with Gasteiger partial charge in [-0.15, -0.1) is 0 Å². The first-order valence-corrected chi connectivity index (χ1v) is 5.87. The molecule has 100 valence electrons. The van der Waals surface area contributed by atoms with Gasteiger partial charge in [0.25, 0.3) is 0 Å². The quantitative estimate of drug-likeness (QED) is 0.889. The highest BCUT2D eigenvalue weighted by molar-refractivity contribution is 5.24. The van der Waals surface area contributed by atoms with Gasteiger partial charge in [-0.1, -0.05) is 12.1 Å². The maximum atomic E-state index is 13.2. The Labute approximate surface area is 109 Å². The minimum Gasteiger partial charge on any atom is -0.388 e. The molecule has 1 aromatic heterocycles. The molecule has 0 aliphatic heterocycles. The van der Waals surface area contributed by atoms with E-state index in [2.05, 4.69) is 4.98 Å². The molecule has 2 aromatic rings. The maximum absolute atomic E-state index is 13.2. The molecule has 2 unspecified atom stereocenters. The average Bonchev–Trinajstić information content (AvgIpc) is 2.44. The van der Waals surface area contributed by atoms with Crippen LogP contribution >= 0.6 is 0 Å². The van der Waals surface area contributed by atoms with E-state index in [9.17, 15) is 13.9 Å².